The zero-order chi connectivity index (χ0) is 24.3. The molecule has 34 heavy (non-hydrogen) atoms. The number of anilines is 2. The molecule has 1 heterocycles. The lowest BCUT2D eigenvalue weighted by molar-refractivity contribution is -0.107. The lowest BCUT2D eigenvalue weighted by Crippen LogP contribution is -2.34. The summed E-state index contributed by atoms with van der Waals surface area (Å²) < 4.78 is 18.1. The van der Waals surface area contributed by atoms with Crippen molar-refractivity contribution >= 4 is 24.0 Å². The Morgan fingerprint density at radius 3 is 2.74 bits per heavy atom. The van der Waals surface area contributed by atoms with Gasteiger partial charge in [-0.3, -0.25) is 4.79 Å². The van der Waals surface area contributed by atoms with Gasteiger partial charge in [0.15, 0.2) is 5.82 Å². The highest BCUT2D eigenvalue weighted by Gasteiger charge is 2.15. The molecule has 8 nitrogen and oxygen atoms in total. The van der Waals surface area contributed by atoms with E-state index < -0.39 is 6.09 Å². The Morgan fingerprint density at radius 2 is 2.00 bits per heavy atom. The van der Waals surface area contributed by atoms with Crippen LogP contribution in [-0.2, 0) is 16.0 Å². The summed E-state index contributed by atoms with van der Waals surface area (Å²) in [6.45, 7) is 0.792. The first-order chi connectivity index (χ1) is 16.5. The highest BCUT2D eigenvalue weighted by molar-refractivity contribution is 5.84. The van der Waals surface area contributed by atoms with Crippen LogP contribution in [-0.4, -0.2) is 44.2 Å². The molecule has 0 aliphatic heterocycles. The first-order valence-corrected chi connectivity index (χ1v) is 10.6. The van der Waals surface area contributed by atoms with Crippen molar-refractivity contribution in [3.63, 3.8) is 0 Å². The Morgan fingerprint density at radius 1 is 1.18 bits per heavy atom. The summed E-state index contributed by atoms with van der Waals surface area (Å²) in [4.78, 5) is 29.3. The number of hydrogen-bond donors (Lipinski definition) is 2. The molecule has 2 aromatic carbocycles. The van der Waals surface area contributed by atoms with Crippen molar-refractivity contribution in [3.8, 4) is 17.3 Å². The van der Waals surface area contributed by atoms with E-state index in [1.54, 1.807) is 36.4 Å². The summed E-state index contributed by atoms with van der Waals surface area (Å²) in [7, 11) is 1.26. The van der Waals surface area contributed by atoms with Gasteiger partial charge in [-0.2, -0.15) is 5.26 Å². The van der Waals surface area contributed by atoms with Gasteiger partial charge in [0.05, 0.1) is 30.1 Å². The minimum Gasteiger partial charge on any atom is -0.453 e. The number of alkyl carbamates (subject to hydrolysis) is 1. The molecule has 0 aliphatic carbocycles. The summed E-state index contributed by atoms with van der Waals surface area (Å²) in [5, 5.41) is 15.2. The first-order valence-electron chi connectivity index (χ1n) is 10.6. The number of rotatable bonds is 10. The molecule has 0 spiro atoms. The summed E-state index contributed by atoms with van der Waals surface area (Å²) in [5.41, 5.74) is 3.01. The van der Waals surface area contributed by atoms with Crippen molar-refractivity contribution in [3.05, 3.63) is 77.6 Å². The largest absolute Gasteiger partial charge is 0.453 e. The second-order valence-electron chi connectivity index (χ2n) is 7.25. The molecule has 0 aliphatic rings. The van der Waals surface area contributed by atoms with Crippen LogP contribution in [0.15, 0.2) is 60.7 Å². The number of amides is 2. The van der Waals surface area contributed by atoms with E-state index in [4.69, 9.17) is 0 Å². The van der Waals surface area contributed by atoms with Gasteiger partial charge < -0.3 is 20.3 Å². The third-order valence-corrected chi connectivity index (χ3v) is 5.04. The lowest BCUT2D eigenvalue weighted by Gasteiger charge is -2.22. The highest BCUT2D eigenvalue weighted by Crippen LogP contribution is 2.29. The number of hydrogen-bond acceptors (Lipinski definition) is 6. The van der Waals surface area contributed by atoms with Gasteiger partial charge in [0.2, 0.25) is 6.41 Å². The van der Waals surface area contributed by atoms with E-state index in [2.05, 4.69) is 26.4 Å². The maximum Gasteiger partial charge on any atom is 0.406 e. The lowest BCUT2D eigenvalue weighted by atomic mass is 10.0. The molecule has 2 N–H and O–H groups in total. The molecule has 0 atom stereocenters. The highest BCUT2D eigenvalue weighted by atomic mass is 19.1. The van der Waals surface area contributed by atoms with Crippen LogP contribution < -0.4 is 15.5 Å². The summed E-state index contributed by atoms with van der Waals surface area (Å²) >= 11 is 0. The van der Waals surface area contributed by atoms with E-state index in [0.717, 1.165) is 5.56 Å². The quantitative estimate of drug-likeness (QED) is 0.446. The molecule has 0 unspecified atom stereocenters. The number of pyridine rings is 1. The number of nitrogens with zero attached hydrogens (tertiary/aromatic N) is 3. The van der Waals surface area contributed by atoms with E-state index >= 15 is 0 Å². The van der Waals surface area contributed by atoms with Crippen LogP contribution >= 0.6 is 0 Å². The van der Waals surface area contributed by atoms with Crippen molar-refractivity contribution in [1.29, 1.82) is 5.26 Å². The molecule has 9 heteroatoms. The average molecular weight is 461 g/mol. The molecule has 0 saturated carbocycles. The monoisotopic (exact) mass is 461 g/mol. The van der Waals surface area contributed by atoms with Crippen LogP contribution in [0.5, 0.6) is 0 Å². The normalized spacial score (nSPS) is 10.1. The van der Waals surface area contributed by atoms with Gasteiger partial charge >= 0.3 is 6.09 Å². The zero-order valence-corrected chi connectivity index (χ0v) is 18.6. The molecule has 3 aromatic rings. The van der Waals surface area contributed by atoms with Gasteiger partial charge in [-0.25, -0.2) is 14.2 Å². The fourth-order valence-electron chi connectivity index (χ4n) is 3.37. The smallest absolute Gasteiger partial charge is 0.406 e. The van der Waals surface area contributed by atoms with Crippen LogP contribution in [0, 0.1) is 17.1 Å². The predicted octanol–water partition coefficient (Wildman–Crippen LogP) is 3.73. The molecular formula is C25H24FN5O3. The van der Waals surface area contributed by atoms with Gasteiger partial charge in [-0.1, -0.05) is 30.3 Å². The van der Waals surface area contributed by atoms with Gasteiger partial charge in [0, 0.05) is 25.2 Å². The maximum absolute atomic E-state index is 13.5. The van der Waals surface area contributed by atoms with Crippen LogP contribution in [0.4, 0.5) is 20.7 Å². The number of nitriles is 1. The van der Waals surface area contributed by atoms with Crippen molar-refractivity contribution in [2.24, 2.45) is 0 Å². The predicted molar refractivity (Wildman–Crippen MR) is 127 cm³/mol. The molecule has 0 saturated heterocycles. The number of benzene rings is 2. The van der Waals surface area contributed by atoms with Gasteiger partial charge in [0.25, 0.3) is 0 Å². The van der Waals surface area contributed by atoms with Gasteiger partial charge in [0.1, 0.15) is 5.82 Å². The Balaban J connectivity index is 1.87. The molecule has 0 radical (unpaired) electrons. The number of nitrogens with one attached hydrogen (secondary N) is 2. The number of carbonyl (C=O) groups excluding carboxylic acids is 2. The minimum atomic E-state index is -0.596. The van der Waals surface area contributed by atoms with E-state index in [-0.39, 0.29) is 18.9 Å². The Labute approximate surface area is 197 Å². The molecule has 1 aromatic heterocycles. The number of ether oxygens (including phenoxy) is 1. The van der Waals surface area contributed by atoms with Crippen LogP contribution in [0.1, 0.15) is 11.1 Å². The van der Waals surface area contributed by atoms with Gasteiger partial charge in [-0.15, -0.1) is 0 Å². The topological polar surface area (TPSA) is 107 Å². The molecule has 0 fully saturated rings. The Kier molecular flexibility index (Phi) is 8.52. The van der Waals surface area contributed by atoms with E-state index in [0.29, 0.717) is 47.7 Å². The molecule has 0 bridgehead atoms. The molecule has 174 valence electrons. The van der Waals surface area contributed by atoms with E-state index in [1.807, 2.05) is 12.1 Å². The Bertz CT molecular complexity index is 1200. The maximum atomic E-state index is 13.5. The third kappa shape index (κ3) is 6.29. The van der Waals surface area contributed by atoms with Crippen molar-refractivity contribution in [2.75, 3.05) is 37.0 Å². The third-order valence-electron chi connectivity index (χ3n) is 5.04. The SMILES string of the molecule is COC(=O)NCCN(C=O)c1ccc(-c2ccccc2C#N)nc1NCCc1cccc(F)c1. The summed E-state index contributed by atoms with van der Waals surface area (Å²) in [6.07, 6.45) is 0.584. The zero-order valence-electron chi connectivity index (χ0n) is 18.6. The summed E-state index contributed by atoms with van der Waals surface area (Å²) in [6, 6.07) is 19.0. The van der Waals surface area contributed by atoms with E-state index in [9.17, 15) is 19.2 Å². The number of methoxy groups -OCH3 is 1. The Hall–Kier alpha value is -4.45. The van der Waals surface area contributed by atoms with Gasteiger partial charge in [-0.05, 0) is 42.3 Å². The molecular weight excluding hydrogens is 437 g/mol. The van der Waals surface area contributed by atoms with Crippen molar-refractivity contribution in [1.82, 2.24) is 10.3 Å². The van der Waals surface area contributed by atoms with Crippen LogP contribution in [0.25, 0.3) is 11.3 Å². The number of carbonyl (C=O) groups is 2. The fraction of sp³-hybridized carbons (Fsp3) is 0.200. The molecule has 3 rings (SSSR count). The summed E-state index contributed by atoms with van der Waals surface area (Å²) in [5.74, 6) is 0.114. The first kappa shape index (κ1) is 24.2. The number of halogens is 1. The number of aromatic nitrogens is 1. The fourth-order valence-corrected chi connectivity index (χ4v) is 3.37. The standard InChI is InChI=1S/C25H24FN5O3/c1-34-25(33)29-13-14-31(17-32)23-10-9-22(21-8-3-2-6-19(21)16-27)30-24(23)28-12-11-18-5-4-7-20(26)15-18/h2-10,15,17H,11-14H2,1H3,(H,28,30)(H,29,33). The average Bonchev–Trinajstić information content (AvgIpc) is 2.86. The second kappa shape index (κ2) is 12.0. The second-order valence-corrected chi connectivity index (χ2v) is 7.25. The van der Waals surface area contributed by atoms with Crippen LogP contribution in [0.3, 0.4) is 0 Å². The van der Waals surface area contributed by atoms with E-state index in [1.165, 1.54) is 24.1 Å². The molecule has 2 amide bonds. The van der Waals surface area contributed by atoms with Crippen molar-refractivity contribution in [2.45, 2.75) is 6.42 Å². The minimum absolute atomic E-state index is 0.174. The van der Waals surface area contributed by atoms with Crippen LogP contribution in [0.2, 0.25) is 0 Å². The van der Waals surface area contributed by atoms with Crippen molar-refractivity contribution < 1.29 is 18.7 Å².